The molecule has 0 radical (unpaired) electrons. The monoisotopic (exact) mass is 157 g/mol. The number of nitrogens with two attached hydrogens (primary N) is 1. The summed E-state index contributed by atoms with van der Waals surface area (Å²) < 4.78 is 5.31. The van der Waals surface area contributed by atoms with Gasteiger partial charge in [-0.05, 0) is 12.8 Å². The summed E-state index contributed by atoms with van der Waals surface area (Å²) in [5, 5.41) is 0. The van der Waals surface area contributed by atoms with E-state index in [1.165, 1.54) is 25.7 Å². The molecule has 2 N–H and O–H groups in total. The van der Waals surface area contributed by atoms with Gasteiger partial charge in [-0.3, -0.25) is 0 Å². The van der Waals surface area contributed by atoms with Crippen molar-refractivity contribution in [3.8, 4) is 0 Å². The lowest BCUT2D eigenvalue weighted by Crippen LogP contribution is -2.36. The Balaban J connectivity index is 2.33. The maximum Gasteiger partial charge on any atom is 0.0722 e. The van der Waals surface area contributed by atoms with Crippen molar-refractivity contribution in [2.75, 3.05) is 7.11 Å². The zero-order chi connectivity index (χ0) is 8.10. The first-order chi connectivity index (χ1) is 5.34. The zero-order valence-electron chi connectivity index (χ0n) is 7.38. The van der Waals surface area contributed by atoms with Crippen LogP contribution in [0.25, 0.3) is 0 Å². The Hall–Kier alpha value is -0.0800. The molecule has 0 bridgehead atoms. The van der Waals surface area contributed by atoms with Crippen molar-refractivity contribution in [1.29, 1.82) is 0 Å². The lowest BCUT2D eigenvalue weighted by Gasteiger charge is -2.24. The highest BCUT2D eigenvalue weighted by molar-refractivity contribution is 4.75. The minimum absolute atomic E-state index is 0.278. The summed E-state index contributed by atoms with van der Waals surface area (Å²) in [6.45, 7) is 0. The van der Waals surface area contributed by atoms with Crippen molar-refractivity contribution < 1.29 is 4.74 Å². The predicted octanol–water partition coefficient (Wildman–Crippen LogP) is 1.68. The van der Waals surface area contributed by atoms with E-state index in [2.05, 4.69) is 0 Å². The van der Waals surface area contributed by atoms with Crippen LogP contribution >= 0.6 is 0 Å². The minimum atomic E-state index is 0.278. The van der Waals surface area contributed by atoms with Crippen molar-refractivity contribution in [3.63, 3.8) is 0 Å². The van der Waals surface area contributed by atoms with Gasteiger partial charge in [-0.15, -0.1) is 0 Å². The Bertz CT molecular complexity index is 106. The molecule has 1 fully saturated rings. The van der Waals surface area contributed by atoms with Crippen molar-refractivity contribution in [2.24, 2.45) is 5.73 Å². The highest BCUT2D eigenvalue weighted by Crippen LogP contribution is 2.18. The van der Waals surface area contributed by atoms with Gasteiger partial charge in [0.25, 0.3) is 0 Å². The molecule has 0 aromatic heterocycles. The number of methoxy groups -OCH3 is 1. The molecule has 0 saturated heterocycles. The van der Waals surface area contributed by atoms with Gasteiger partial charge in [0.15, 0.2) is 0 Å². The van der Waals surface area contributed by atoms with Gasteiger partial charge in [0.05, 0.1) is 6.10 Å². The van der Waals surface area contributed by atoms with Gasteiger partial charge in [0.1, 0.15) is 0 Å². The fourth-order valence-electron chi connectivity index (χ4n) is 1.77. The number of hydrogen-bond acceptors (Lipinski definition) is 2. The SMILES string of the molecule is COC1CCCCCCC1N. The Labute approximate surface area is 69.1 Å². The number of hydrogen-bond donors (Lipinski definition) is 1. The van der Waals surface area contributed by atoms with Gasteiger partial charge in [-0.1, -0.05) is 25.7 Å². The van der Waals surface area contributed by atoms with Crippen LogP contribution in [-0.2, 0) is 4.74 Å². The molecule has 1 rings (SSSR count). The van der Waals surface area contributed by atoms with Crippen molar-refractivity contribution in [2.45, 2.75) is 50.7 Å². The van der Waals surface area contributed by atoms with Crippen LogP contribution < -0.4 is 5.73 Å². The number of ether oxygens (including phenoxy) is 1. The number of rotatable bonds is 1. The Morgan fingerprint density at radius 1 is 1.09 bits per heavy atom. The zero-order valence-corrected chi connectivity index (χ0v) is 7.38. The van der Waals surface area contributed by atoms with Crippen molar-refractivity contribution >= 4 is 0 Å². The van der Waals surface area contributed by atoms with Gasteiger partial charge in [-0.2, -0.15) is 0 Å². The first kappa shape index (κ1) is 9.01. The predicted molar refractivity (Wildman–Crippen MR) is 46.5 cm³/mol. The Morgan fingerprint density at radius 2 is 1.73 bits per heavy atom. The maximum absolute atomic E-state index is 5.93. The van der Waals surface area contributed by atoms with Crippen molar-refractivity contribution in [1.82, 2.24) is 0 Å². The fourth-order valence-corrected chi connectivity index (χ4v) is 1.77. The summed E-state index contributed by atoms with van der Waals surface area (Å²) in [6.07, 6.45) is 7.87. The summed E-state index contributed by atoms with van der Waals surface area (Å²) in [6, 6.07) is 0.278. The van der Waals surface area contributed by atoms with Gasteiger partial charge < -0.3 is 10.5 Å². The third-order valence-corrected chi connectivity index (χ3v) is 2.56. The second-order valence-corrected chi connectivity index (χ2v) is 3.43. The highest BCUT2D eigenvalue weighted by Gasteiger charge is 2.17. The van der Waals surface area contributed by atoms with Crippen LogP contribution in [0.3, 0.4) is 0 Å². The molecule has 1 aliphatic rings. The van der Waals surface area contributed by atoms with E-state index in [0.717, 1.165) is 12.8 Å². The fraction of sp³-hybridized carbons (Fsp3) is 1.00. The quantitative estimate of drug-likeness (QED) is 0.628. The second kappa shape index (κ2) is 4.73. The van der Waals surface area contributed by atoms with Gasteiger partial charge in [-0.25, -0.2) is 0 Å². The normalized spacial score (nSPS) is 34.4. The largest absolute Gasteiger partial charge is 0.380 e. The Kier molecular flexibility index (Phi) is 3.87. The third kappa shape index (κ3) is 2.80. The topological polar surface area (TPSA) is 35.2 Å². The molecular weight excluding hydrogens is 138 g/mol. The first-order valence-electron chi connectivity index (χ1n) is 4.63. The average molecular weight is 157 g/mol. The van der Waals surface area contributed by atoms with E-state index in [0.29, 0.717) is 6.10 Å². The lowest BCUT2D eigenvalue weighted by atomic mass is 9.95. The summed E-state index contributed by atoms with van der Waals surface area (Å²) in [4.78, 5) is 0. The van der Waals surface area contributed by atoms with E-state index in [4.69, 9.17) is 10.5 Å². The molecule has 2 heteroatoms. The van der Waals surface area contributed by atoms with Crippen LogP contribution in [0.5, 0.6) is 0 Å². The average Bonchev–Trinajstić information content (AvgIpc) is 1.98. The molecule has 1 saturated carbocycles. The van der Waals surface area contributed by atoms with E-state index in [-0.39, 0.29) is 6.04 Å². The standard InChI is InChI=1S/C9H19NO/c1-11-9-7-5-3-2-4-6-8(9)10/h8-9H,2-7,10H2,1H3. The molecule has 2 unspecified atom stereocenters. The molecule has 0 spiro atoms. The molecule has 0 aromatic carbocycles. The summed E-state index contributed by atoms with van der Waals surface area (Å²) in [5.74, 6) is 0. The molecular formula is C9H19NO. The lowest BCUT2D eigenvalue weighted by molar-refractivity contribution is 0.0640. The maximum atomic E-state index is 5.93. The molecule has 2 atom stereocenters. The highest BCUT2D eigenvalue weighted by atomic mass is 16.5. The molecule has 66 valence electrons. The molecule has 0 amide bonds. The van der Waals surface area contributed by atoms with Crippen LogP contribution in [0.15, 0.2) is 0 Å². The molecule has 2 nitrogen and oxygen atoms in total. The third-order valence-electron chi connectivity index (χ3n) is 2.56. The first-order valence-corrected chi connectivity index (χ1v) is 4.63. The van der Waals surface area contributed by atoms with E-state index in [9.17, 15) is 0 Å². The van der Waals surface area contributed by atoms with E-state index >= 15 is 0 Å². The molecule has 1 aliphatic carbocycles. The Morgan fingerprint density at radius 3 is 2.36 bits per heavy atom. The van der Waals surface area contributed by atoms with Crippen LogP contribution in [0.1, 0.15) is 38.5 Å². The van der Waals surface area contributed by atoms with E-state index in [1.807, 2.05) is 0 Å². The van der Waals surface area contributed by atoms with Crippen LogP contribution in [0.2, 0.25) is 0 Å². The molecule has 0 aromatic rings. The van der Waals surface area contributed by atoms with E-state index in [1.54, 1.807) is 7.11 Å². The van der Waals surface area contributed by atoms with Gasteiger partial charge >= 0.3 is 0 Å². The molecule has 0 heterocycles. The van der Waals surface area contributed by atoms with Gasteiger partial charge in [0, 0.05) is 13.2 Å². The van der Waals surface area contributed by atoms with Crippen molar-refractivity contribution in [3.05, 3.63) is 0 Å². The van der Waals surface area contributed by atoms with Gasteiger partial charge in [0.2, 0.25) is 0 Å². The second-order valence-electron chi connectivity index (χ2n) is 3.43. The van der Waals surface area contributed by atoms with Crippen LogP contribution in [0.4, 0.5) is 0 Å². The molecule has 0 aliphatic heterocycles. The van der Waals surface area contributed by atoms with Crippen LogP contribution in [-0.4, -0.2) is 19.3 Å². The van der Waals surface area contributed by atoms with E-state index < -0.39 is 0 Å². The molecule has 11 heavy (non-hydrogen) atoms. The van der Waals surface area contributed by atoms with Crippen LogP contribution in [0, 0.1) is 0 Å². The minimum Gasteiger partial charge on any atom is -0.380 e. The summed E-state index contributed by atoms with van der Waals surface area (Å²) in [5.41, 5.74) is 5.93. The smallest absolute Gasteiger partial charge is 0.0722 e. The summed E-state index contributed by atoms with van der Waals surface area (Å²) in [7, 11) is 1.77. The summed E-state index contributed by atoms with van der Waals surface area (Å²) >= 11 is 0.